The van der Waals surface area contributed by atoms with Crippen LogP contribution < -0.4 is 22.1 Å². The average molecular weight is 1100 g/mol. The number of ketones is 4. The number of aliphatic carboxylic acids is 2. The second-order valence-electron chi connectivity index (χ2n) is 20.0. The molecule has 0 aliphatic carbocycles. The van der Waals surface area contributed by atoms with Gasteiger partial charge in [0.25, 0.3) is 0 Å². The molecule has 0 radical (unpaired) electrons. The average Bonchev–Trinajstić information content (AvgIpc) is 3.90. The summed E-state index contributed by atoms with van der Waals surface area (Å²) in [7, 11) is 0. The molecule has 0 aliphatic rings. The number of aliphatic hydroxyl groups is 1. The summed E-state index contributed by atoms with van der Waals surface area (Å²) in [6, 6.07) is -0.868. The normalized spacial score (nSPS) is 13.3. The van der Waals surface area contributed by atoms with Crippen LogP contribution in [0.3, 0.4) is 0 Å². The number of primary amides is 1. The molecule has 1 rings (SSSR count). The van der Waals surface area contributed by atoms with E-state index in [1.807, 2.05) is 0 Å². The summed E-state index contributed by atoms with van der Waals surface area (Å²) in [5.74, 6) is -6.92. The molecule has 1 aromatic heterocycles. The van der Waals surface area contributed by atoms with Crippen LogP contribution >= 0.6 is 0 Å². The van der Waals surface area contributed by atoms with E-state index >= 15 is 0 Å². The Bertz CT molecular complexity index is 1830. The zero-order valence-corrected chi connectivity index (χ0v) is 46.0. The number of aromatic amines is 1. The lowest BCUT2D eigenvalue weighted by atomic mass is 9.84. The molecule has 10 N–H and O–H groups in total. The fraction of sp³-hybridized carbons (Fsp3) is 0.782. The minimum atomic E-state index is -1.14. The number of aliphatic hydroxyl groups excluding tert-OH is 1. The molecule has 0 spiro atoms. The Balaban J connectivity index is 0. The molecule has 0 aromatic carbocycles. The van der Waals surface area contributed by atoms with Crippen molar-refractivity contribution in [2.45, 2.75) is 192 Å². The lowest BCUT2D eigenvalue weighted by Crippen LogP contribution is -2.38. The van der Waals surface area contributed by atoms with Crippen molar-refractivity contribution in [2.24, 2.45) is 29.2 Å². The zero-order chi connectivity index (χ0) is 56.9. The maximum absolute atomic E-state index is 13.2. The highest BCUT2D eigenvalue weighted by Gasteiger charge is 2.31. The molecule has 1 aromatic rings. The summed E-state index contributed by atoms with van der Waals surface area (Å²) in [5, 5.41) is 33.7. The largest absolute Gasteiger partial charge is 0.481 e. The van der Waals surface area contributed by atoms with Gasteiger partial charge in [0.15, 0.2) is 11.6 Å². The third-order valence-electron chi connectivity index (χ3n) is 13.2. The third-order valence-corrected chi connectivity index (χ3v) is 13.2. The van der Waals surface area contributed by atoms with Gasteiger partial charge in [0.2, 0.25) is 17.7 Å². The minimum absolute atomic E-state index is 0. The highest BCUT2D eigenvalue weighted by atomic mass is 16.5. The number of ether oxygens (including phenoxy) is 4. The first kappa shape index (κ1) is 70.0. The Hall–Kier alpha value is -5.00. The van der Waals surface area contributed by atoms with Gasteiger partial charge in [0, 0.05) is 91.7 Å². The standard InChI is InChI=1S/C55H94N6O16.2H2/c1-41(62)47(54(57)71)36-49(65)42(34-50(66)48(56)35-44-37-58-40-61-44)19-16-17-25-59-52(68)39-77-32-29-74-27-18-21-46(64)38-76-31-30-75-28-26-60-51(67)24-23-43(55(72)73)33-45(63)20-14-12-10-8-6-4-2-3-5-7-9-11-13-15-22-53(69)70;;/h37,40-43,47-48,62H,2-36,38-39,56H2,1H3,(H2,57,71)(H,58,61)(H,59,68)(H,60,67)(H,69,70)(H,72,73);2*1H/t41-,42-,43-,47+,48+;;/m1../s1. The number of carboxylic acids is 2. The Morgan fingerprint density at radius 2 is 1.14 bits per heavy atom. The van der Waals surface area contributed by atoms with Crippen LogP contribution in [0.4, 0.5) is 0 Å². The van der Waals surface area contributed by atoms with Crippen LogP contribution in [-0.2, 0) is 68.5 Å². The van der Waals surface area contributed by atoms with Gasteiger partial charge >= 0.3 is 11.9 Å². The Kier molecular flexibility index (Phi) is 41.8. The van der Waals surface area contributed by atoms with Gasteiger partial charge in [-0.2, -0.15) is 0 Å². The summed E-state index contributed by atoms with van der Waals surface area (Å²) in [6.45, 7) is 2.89. The van der Waals surface area contributed by atoms with E-state index < -0.39 is 47.7 Å². The monoisotopic (exact) mass is 1100 g/mol. The maximum atomic E-state index is 13.2. The number of hydrogen-bond donors (Lipinski definition) is 8. The fourth-order valence-corrected chi connectivity index (χ4v) is 8.51. The first-order chi connectivity index (χ1) is 37.0. The van der Waals surface area contributed by atoms with E-state index in [2.05, 4.69) is 20.6 Å². The number of imidazole rings is 1. The minimum Gasteiger partial charge on any atom is -0.481 e. The van der Waals surface area contributed by atoms with Crippen LogP contribution in [0, 0.1) is 17.8 Å². The number of amides is 3. The molecule has 0 aliphatic heterocycles. The van der Waals surface area contributed by atoms with E-state index in [0.717, 1.165) is 44.9 Å². The Morgan fingerprint density at radius 3 is 1.71 bits per heavy atom. The second kappa shape index (κ2) is 46.0. The van der Waals surface area contributed by atoms with E-state index in [0.29, 0.717) is 50.9 Å². The number of carbonyl (C=O) groups is 9. The molecule has 0 unspecified atom stereocenters. The van der Waals surface area contributed by atoms with Gasteiger partial charge in [0.05, 0.1) is 63.3 Å². The van der Waals surface area contributed by atoms with Crippen molar-refractivity contribution in [2.75, 3.05) is 65.9 Å². The van der Waals surface area contributed by atoms with E-state index in [-0.39, 0.29) is 142 Å². The quantitative estimate of drug-likeness (QED) is 0.0380. The number of unbranched alkanes of at least 4 members (excludes halogenated alkanes) is 14. The molecule has 1 heterocycles. The fourth-order valence-electron chi connectivity index (χ4n) is 8.51. The first-order valence-corrected chi connectivity index (χ1v) is 28.1. The topological polar surface area (TPSA) is 356 Å². The highest BCUT2D eigenvalue weighted by molar-refractivity contribution is 5.92. The molecule has 0 bridgehead atoms. The van der Waals surface area contributed by atoms with Crippen molar-refractivity contribution < 1.29 is 80.3 Å². The van der Waals surface area contributed by atoms with Crippen molar-refractivity contribution in [1.29, 1.82) is 0 Å². The highest BCUT2D eigenvalue weighted by Crippen LogP contribution is 2.22. The van der Waals surface area contributed by atoms with Gasteiger partial charge in [-0.05, 0) is 45.4 Å². The van der Waals surface area contributed by atoms with Gasteiger partial charge in [-0.25, -0.2) is 4.98 Å². The molecule has 0 fully saturated rings. The zero-order valence-electron chi connectivity index (χ0n) is 46.0. The van der Waals surface area contributed by atoms with E-state index in [1.54, 1.807) is 6.20 Å². The molecular formula is C55H98N6O16. The van der Waals surface area contributed by atoms with Crippen molar-refractivity contribution in [3.05, 3.63) is 18.2 Å². The van der Waals surface area contributed by atoms with Crippen molar-refractivity contribution in [3.8, 4) is 0 Å². The summed E-state index contributed by atoms with van der Waals surface area (Å²) in [6.07, 6.45) is 19.4. The molecule has 77 heavy (non-hydrogen) atoms. The SMILES string of the molecule is C[C@@H](O)[C@H](CC(=O)[C@H](CCCCNC(=O)COCCOCCCC(=O)COCCOCCNC(=O)CC[C@H](CC(=O)CCCCCCCCCCCCCCCCC(=O)O)C(=O)O)CC(=O)[C@@H](N)Cc1cnc[nH]1)C(N)=O.[HH].[HH]. The maximum Gasteiger partial charge on any atom is 0.306 e. The summed E-state index contributed by atoms with van der Waals surface area (Å²) < 4.78 is 21.7. The number of nitrogens with zero attached hydrogens (tertiary/aromatic N) is 1. The number of hydrogen-bond acceptors (Lipinski definition) is 16. The Labute approximate surface area is 458 Å². The molecule has 0 saturated heterocycles. The first-order valence-electron chi connectivity index (χ1n) is 28.1. The lowest BCUT2D eigenvalue weighted by Gasteiger charge is -2.21. The second-order valence-corrected chi connectivity index (χ2v) is 20.0. The molecule has 5 atom stereocenters. The Morgan fingerprint density at radius 1 is 0.584 bits per heavy atom. The van der Waals surface area contributed by atoms with Crippen LogP contribution in [0.25, 0.3) is 0 Å². The molecule has 22 heteroatoms. The number of carbonyl (C=O) groups excluding carboxylic acids is 7. The smallest absolute Gasteiger partial charge is 0.306 e. The van der Waals surface area contributed by atoms with Crippen LogP contribution in [0.1, 0.15) is 182 Å². The molecule has 22 nitrogen and oxygen atoms in total. The van der Waals surface area contributed by atoms with Crippen LogP contribution in [0.2, 0.25) is 0 Å². The predicted octanol–water partition coefficient (Wildman–Crippen LogP) is 5.37. The third kappa shape index (κ3) is 39.9. The number of carboxylic acid groups (broad SMARTS) is 2. The van der Waals surface area contributed by atoms with Gasteiger partial charge in [-0.3, -0.25) is 43.2 Å². The van der Waals surface area contributed by atoms with Crippen LogP contribution in [-0.4, -0.2) is 156 Å². The predicted molar refractivity (Wildman–Crippen MR) is 290 cm³/mol. The number of Topliss-reactive ketones (excluding diaryl/α,β-unsaturated/α-hetero) is 4. The number of H-pyrrole nitrogens is 1. The molecule has 0 saturated carbocycles. The van der Waals surface area contributed by atoms with Crippen molar-refractivity contribution >= 4 is 52.8 Å². The number of rotatable bonds is 55. The van der Waals surface area contributed by atoms with Gasteiger partial charge in [0.1, 0.15) is 24.8 Å². The van der Waals surface area contributed by atoms with Gasteiger partial charge < -0.3 is 61.4 Å². The lowest BCUT2D eigenvalue weighted by molar-refractivity contribution is -0.144. The number of aromatic nitrogens is 2. The van der Waals surface area contributed by atoms with E-state index in [1.165, 1.54) is 58.2 Å². The number of nitrogens with two attached hydrogens (primary N) is 2. The van der Waals surface area contributed by atoms with Gasteiger partial charge in [-0.1, -0.05) is 83.5 Å². The number of nitrogens with one attached hydrogen (secondary N) is 3. The van der Waals surface area contributed by atoms with E-state index in [4.69, 9.17) is 35.5 Å². The molecular weight excluding hydrogens is 1000 g/mol. The molecule has 444 valence electrons. The van der Waals surface area contributed by atoms with Crippen molar-refractivity contribution in [3.63, 3.8) is 0 Å². The van der Waals surface area contributed by atoms with Crippen LogP contribution in [0.5, 0.6) is 0 Å². The molecule has 3 amide bonds. The van der Waals surface area contributed by atoms with Gasteiger partial charge in [-0.15, -0.1) is 0 Å². The van der Waals surface area contributed by atoms with Crippen molar-refractivity contribution in [1.82, 2.24) is 20.6 Å². The van der Waals surface area contributed by atoms with Crippen LogP contribution in [0.15, 0.2) is 12.5 Å². The summed E-state index contributed by atoms with van der Waals surface area (Å²) in [5.41, 5.74) is 12.2. The van der Waals surface area contributed by atoms with E-state index in [9.17, 15) is 53.4 Å². The summed E-state index contributed by atoms with van der Waals surface area (Å²) >= 11 is 0. The summed E-state index contributed by atoms with van der Waals surface area (Å²) in [4.78, 5) is 116.